The lowest BCUT2D eigenvalue weighted by Gasteiger charge is -1.88. The number of halogens is 3. The van der Waals surface area contributed by atoms with Crippen molar-refractivity contribution in [2.75, 3.05) is 0 Å². The number of nitrogens with one attached hydrogen (secondary N) is 1. The lowest BCUT2D eigenvalue weighted by atomic mass is 10.2. The van der Waals surface area contributed by atoms with E-state index < -0.39 is 0 Å². The zero-order chi connectivity index (χ0) is 7.68. The van der Waals surface area contributed by atoms with Crippen molar-refractivity contribution in [3.05, 3.63) is 36.0 Å². The molecule has 1 aromatic carbocycles. The number of fused-ring (bicyclic) bond motifs is 1. The Morgan fingerprint density at radius 2 is 1.79 bits per heavy atom. The third kappa shape index (κ3) is 2.81. The van der Waals surface area contributed by atoms with Gasteiger partial charge >= 0.3 is 0 Å². The van der Waals surface area contributed by atoms with E-state index in [1.54, 1.807) is 6.07 Å². The van der Waals surface area contributed by atoms with Gasteiger partial charge in [0.2, 0.25) is 0 Å². The summed E-state index contributed by atoms with van der Waals surface area (Å²) < 4.78 is 0. The molecule has 0 bridgehead atoms. The van der Waals surface area contributed by atoms with E-state index in [2.05, 4.69) is 11.1 Å². The second-order valence-electron chi connectivity index (χ2n) is 2.39. The van der Waals surface area contributed by atoms with Gasteiger partial charge in [-0.3, -0.25) is 0 Å². The number of benzene rings is 1. The van der Waals surface area contributed by atoms with Crippen molar-refractivity contribution in [3.63, 3.8) is 0 Å². The molecule has 0 amide bonds. The molecule has 1 aromatic heterocycles. The summed E-state index contributed by atoms with van der Waals surface area (Å²) in [6, 6.07) is 9.63. The lowest BCUT2D eigenvalue weighted by Crippen LogP contribution is -1.71. The average Bonchev–Trinajstić information content (AvgIpc) is 2.50. The fourth-order valence-corrected chi connectivity index (χ4v) is 1.12. The van der Waals surface area contributed by atoms with Crippen LogP contribution in [0.5, 0.6) is 0 Å². The monoisotopic (exact) mass is 250 g/mol. The SMILES string of the molecule is Cl.Cl.Cl.N#Cc1ccc2[nH]ccc2c1. The van der Waals surface area contributed by atoms with Crippen molar-refractivity contribution >= 4 is 48.1 Å². The fourth-order valence-electron chi connectivity index (χ4n) is 1.12. The Morgan fingerprint density at radius 1 is 1.07 bits per heavy atom. The maximum atomic E-state index is 8.57. The maximum Gasteiger partial charge on any atom is 0.0991 e. The topological polar surface area (TPSA) is 39.6 Å². The fraction of sp³-hybridized carbons (Fsp3) is 0. The summed E-state index contributed by atoms with van der Waals surface area (Å²) in [5.41, 5.74) is 1.78. The van der Waals surface area contributed by atoms with Gasteiger partial charge in [0.05, 0.1) is 11.6 Å². The normalized spacial score (nSPS) is 7.64. The minimum absolute atomic E-state index is 0. The Bertz CT molecular complexity index is 431. The molecule has 0 saturated heterocycles. The molecule has 76 valence electrons. The molecule has 0 fully saturated rings. The van der Waals surface area contributed by atoms with Crippen LogP contribution < -0.4 is 0 Å². The summed E-state index contributed by atoms with van der Waals surface area (Å²) in [4.78, 5) is 3.06. The van der Waals surface area contributed by atoms with Gasteiger partial charge in [-0.1, -0.05) is 0 Å². The molecule has 2 rings (SSSR count). The Kier molecular flexibility index (Phi) is 7.30. The van der Waals surface area contributed by atoms with Crippen LogP contribution in [0.1, 0.15) is 5.56 Å². The molecule has 0 saturated carbocycles. The third-order valence-electron chi connectivity index (χ3n) is 1.68. The summed E-state index contributed by atoms with van der Waals surface area (Å²) in [6.45, 7) is 0. The van der Waals surface area contributed by atoms with Gasteiger partial charge in [0.1, 0.15) is 0 Å². The van der Waals surface area contributed by atoms with Gasteiger partial charge in [0.15, 0.2) is 0 Å². The molecule has 0 spiro atoms. The highest BCUT2D eigenvalue weighted by atomic mass is 35.5. The standard InChI is InChI=1S/C9H6N2.3ClH/c10-6-7-1-2-9-8(5-7)3-4-11-9;;;/h1-5,11H;3*1H. The van der Waals surface area contributed by atoms with Crippen LogP contribution in [0.2, 0.25) is 0 Å². The number of nitrogens with zero attached hydrogens (tertiary/aromatic N) is 1. The van der Waals surface area contributed by atoms with Crippen LogP contribution in [-0.4, -0.2) is 4.98 Å². The molecule has 0 unspecified atom stereocenters. The molecule has 0 aliphatic carbocycles. The first kappa shape index (κ1) is 15.6. The first-order valence-electron chi connectivity index (χ1n) is 3.37. The summed E-state index contributed by atoms with van der Waals surface area (Å²) in [7, 11) is 0. The van der Waals surface area contributed by atoms with Crippen LogP contribution in [0.15, 0.2) is 30.5 Å². The Labute approximate surface area is 101 Å². The first-order chi connectivity index (χ1) is 5.40. The minimum atomic E-state index is 0. The van der Waals surface area contributed by atoms with Gasteiger partial charge in [0, 0.05) is 17.1 Å². The van der Waals surface area contributed by atoms with E-state index in [-0.39, 0.29) is 37.2 Å². The molecular formula is C9H9Cl3N2. The highest BCUT2D eigenvalue weighted by Crippen LogP contribution is 2.12. The van der Waals surface area contributed by atoms with Crippen LogP contribution in [0.25, 0.3) is 10.9 Å². The molecular weight excluding hydrogens is 242 g/mol. The second-order valence-corrected chi connectivity index (χ2v) is 2.39. The zero-order valence-electron chi connectivity index (χ0n) is 7.06. The molecule has 1 heterocycles. The predicted molar refractivity (Wildman–Crippen MR) is 64.8 cm³/mol. The summed E-state index contributed by atoms with van der Waals surface area (Å²) in [5, 5.41) is 9.66. The Morgan fingerprint density at radius 3 is 2.43 bits per heavy atom. The smallest absolute Gasteiger partial charge is 0.0991 e. The van der Waals surface area contributed by atoms with Gasteiger partial charge in [-0.15, -0.1) is 37.2 Å². The van der Waals surface area contributed by atoms with Gasteiger partial charge in [0.25, 0.3) is 0 Å². The lowest BCUT2D eigenvalue weighted by molar-refractivity contribution is 1.47. The number of aromatic amines is 1. The molecule has 0 atom stereocenters. The van der Waals surface area contributed by atoms with E-state index in [1.807, 2.05) is 24.4 Å². The summed E-state index contributed by atoms with van der Waals surface area (Å²) in [6.07, 6.45) is 1.87. The molecule has 2 aromatic rings. The van der Waals surface area contributed by atoms with E-state index in [4.69, 9.17) is 5.26 Å². The molecule has 0 radical (unpaired) electrons. The van der Waals surface area contributed by atoms with Crippen LogP contribution in [0.4, 0.5) is 0 Å². The molecule has 2 nitrogen and oxygen atoms in total. The van der Waals surface area contributed by atoms with Crippen LogP contribution >= 0.6 is 37.2 Å². The highest BCUT2D eigenvalue weighted by Gasteiger charge is 1.94. The molecule has 0 aliphatic heterocycles. The van der Waals surface area contributed by atoms with Gasteiger partial charge < -0.3 is 4.98 Å². The van der Waals surface area contributed by atoms with Crippen LogP contribution in [0, 0.1) is 11.3 Å². The van der Waals surface area contributed by atoms with Crippen molar-refractivity contribution in [3.8, 4) is 6.07 Å². The maximum absolute atomic E-state index is 8.57. The van der Waals surface area contributed by atoms with Crippen molar-refractivity contribution in [2.24, 2.45) is 0 Å². The average molecular weight is 252 g/mol. The van der Waals surface area contributed by atoms with Crippen LogP contribution in [0.3, 0.4) is 0 Å². The number of hydrogen-bond acceptors (Lipinski definition) is 1. The largest absolute Gasteiger partial charge is 0.361 e. The van der Waals surface area contributed by atoms with E-state index in [9.17, 15) is 0 Å². The van der Waals surface area contributed by atoms with Gasteiger partial charge in [-0.2, -0.15) is 5.26 Å². The van der Waals surface area contributed by atoms with E-state index >= 15 is 0 Å². The van der Waals surface area contributed by atoms with Gasteiger partial charge in [-0.25, -0.2) is 0 Å². The molecule has 14 heavy (non-hydrogen) atoms. The molecule has 0 aliphatic rings. The third-order valence-corrected chi connectivity index (χ3v) is 1.68. The quantitative estimate of drug-likeness (QED) is 0.767. The number of nitriles is 1. The molecule has 1 N–H and O–H groups in total. The Balaban J connectivity index is 0. The van der Waals surface area contributed by atoms with Crippen molar-refractivity contribution in [1.29, 1.82) is 5.26 Å². The predicted octanol–water partition coefficient (Wildman–Crippen LogP) is 3.30. The highest BCUT2D eigenvalue weighted by molar-refractivity contribution is 5.86. The van der Waals surface area contributed by atoms with Crippen molar-refractivity contribution in [2.45, 2.75) is 0 Å². The number of aromatic nitrogens is 1. The van der Waals surface area contributed by atoms with Gasteiger partial charge in [-0.05, 0) is 24.3 Å². The van der Waals surface area contributed by atoms with E-state index in [0.717, 1.165) is 10.9 Å². The number of hydrogen-bond donors (Lipinski definition) is 1. The van der Waals surface area contributed by atoms with Crippen molar-refractivity contribution in [1.82, 2.24) is 4.98 Å². The van der Waals surface area contributed by atoms with Crippen molar-refractivity contribution < 1.29 is 0 Å². The minimum Gasteiger partial charge on any atom is -0.361 e. The molecule has 5 heteroatoms. The zero-order valence-corrected chi connectivity index (χ0v) is 9.51. The van der Waals surface area contributed by atoms with E-state index in [1.165, 1.54) is 0 Å². The summed E-state index contributed by atoms with van der Waals surface area (Å²) >= 11 is 0. The number of H-pyrrole nitrogens is 1. The second kappa shape index (κ2) is 6.56. The number of rotatable bonds is 0. The Hall–Kier alpha value is -0.880. The first-order valence-corrected chi connectivity index (χ1v) is 3.37. The summed E-state index contributed by atoms with van der Waals surface area (Å²) in [5.74, 6) is 0. The van der Waals surface area contributed by atoms with E-state index in [0.29, 0.717) is 5.56 Å². The van der Waals surface area contributed by atoms with Crippen LogP contribution in [-0.2, 0) is 0 Å².